The highest BCUT2D eigenvalue weighted by Gasteiger charge is 2.52. The quantitative estimate of drug-likeness (QED) is 0.812. The lowest BCUT2D eigenvalue weighted by Gasteiger charge is -2.60. The summed E-state index contributed by atoms with van der Waals surface area (Å²) in [6, 6.07) is 0. The molecule has 0 amide bonds. The number of hydrogen-bond acceptors (Lipinski definition) is 2. The van der Waals surface area contributed by atoms with Crippen molar-refractivity contribution in [3.63, 3.8) is 0 Å². The van der Waals surface area contributed by atoms with Crippen LogP contribution in [0.3, 0.4) is 0 Å². The van der Waals surface area contributed by atoms with E-state index in [-0.39, 0.29) is 0 Å². The number of rotatable bonds is 4. The minimum absolute atomic E-state index is 0.568. The fraction of sp³-hybridized carbons (Fsp3) is 1.00. The van der Waals surface area contributed by atoms with Crippen LogP contribution in [-0.2, 0) is 0 Å². The molecule has 4 saturated carbocycles. The van der Waals surface area contributed by atoms with E-state index < -0.39 is 0 Å². The van der Waals surface area contributed by atoms with Gasteiger partial charge >= 0.3 is 0 Å². The Labute approximate surface area is 106 Å². The van der Waals surface area contributed by atoms with E-state index in [9.17, 15) is 0 Å². The molecular formula is C15H28N2. The second kappa shape index (κ2) is 4.24. The van der Waals surface area contributed by atoms with E-state index in [4.69, 9.17) is 5.73 Å². The van der Waals surface area contributed by atoms with Gasteiger partial charge in [0.05, 0.1) is 0 Å². The summed E-state index contributed by atoms with van der Waals surface area (Å²) in [5, 5.41) is 0. The van der Waals surface area contributed by atoms with E-state index in [2.05, 4.69) is 18.9 Å². The van der Waals surface area contributed by atoms with Gasteiger partial charge in [-0.1, -0.05) is 6.92 Å². The van der Waals surface area contributed by atoms with Crippen LogP contribution in [0.5, 0.6) is 0 Å². The number of hydrogen-bond donors (Lipinski definition) is 1. The van der Waals surface area contributed by atoms with E-state index in [1.165, 1.54) is 25.8 Å². The summed E-state index contributed by atoms with van der Waals surface area (Å²) in [5.41, 5.74) is 6.35. The summed E-state index contributed by atoms with van der Waals surface area (Å²) in [7, 11) is 2.36. The fourth-order valence-electron chi connectivity index (χ4n) is 5.27. The second-order valence-corrected chi connectivity index (χ2v) is 7.36. The molecule has 2 N–H and O–H groups in total. The summed E-state index contributed by atoms with van der Waals surface area (Å²) in [4.78, 5) is 2.69. The summed E-state index contributed by atoms with van der Waals surface area (Å²) in [6.45, 7) is 4.32. The predicted molar refractivity (Wildman–Crippen MR) is 71.8 cm³/mol. The van der Waals surface area contributed by atoms with Crippen LogP contribution in [0.4, 0.5) is 0 Å². The van der Waals surface area contributed by atoms with Crippen molar-refractivity contribution < 1.29 is 0 Å². The van der Waals surface area contributed by atoms with Gasteiger partial charge < -0.3 is 10.6 Å². The molecule has 4 fully saturated rings. The van der Waals surface area contributed by atoms with Crippen molar-refractivity contribution in [2.45, 2.75) is 51.0 Å². The van der Waals surface area contributed by atoms with E-state index in [1.807, 2.05) is 0 Å². The highest BCUT2D eigenvalue weighted by molar-refractivity contribution is 5.06. The Morgan fingerprint density at radius 1 is 1.12 bits per heavy atom. The van der Waals surface area contributed by atoms with Crippen LogP contribution < -0.4 is 5.73 Å². The van der Waals surface area contributed by atoms with Gasteiger partial charge in [0, 0.05) is 12.1 Å². The average molecular weight is 236 g/mol. The SMILES string of the molecule is CC(CN)CN(C)C12CC3CC(CC(C3)C1)C2. The monoisotopic (exact) mass is 236 g/mol. The third-order valence-corrected chi connectivity index (χ3v) is 5.80. The van der Waals surface area contributed by atoms with Crippen molar-refractivity contribution in [3.8, 4) is 0 Å². The van der Waals surface area contributed by atoms with Crippen molar-refractivity contribution in [1.29, 1.82) is 0 Å². The molecule has 4 bridgehead atoms. The first kappa shape index (κ1) is 12.0. The Bertz CT molecular complexity index is 251. The molecule has 0 aromatic carbocycles. The molecule has 1 atom stereocenters. The number of nitrogens with zero attached hydrogens (tertiary/aromatic N) is 1. The molecule has 1 unspecified atom stereocenters. The van der Waals surface area contributed by atoms with Gasteiger partial charge in [-0.25, -0.2) is 0 Å². The second-order valence-electron chi connectivity index (χ2n) is 7.36. The molecule has 17 heavy (non-hydrogen) atoms. The Morgan fingerprint density at radius 3 is 2.00 bits per heavy atom. The molecule has 2 nitrogen and oxygen atoms in total. The first-order valence-electron chi connectivity index (χ1n) is 7.52. The van der Waals surface area contributed by atoms with Crippen LogP contribution in [0.2, 0.25) is 0 Å². The zero-order valence-corrected chi connectivity index (χ0v) is 11.5. The maximum absolute atomic E-state index is 5.79. The molecule has 0 radical (unpaired) electrons. The standard InChI is InChI=1S/C15H28N2/c1-11(9-16)10-17(2)15-6-12-3-13(7-15)5-14(4-12)8-15/h11-14H,3-10,16H2,1-2H3. The van der Waals surface area contributed by atoms with Crippen LogP contribution in [0, 0.1) is 23.7 Å². The first-order valence-corrected chi connectivity index (χ1v) is 7.52. The Balaban J connectivity index is 1.73. The third kappa shape index (κ3) is 2.04. The van der Waals surface area contributed by atoms with E-state index >= 15 is 0 Å². The number of nitrogens with two attached hydrogens (primary N) is 1. The molecule has 4 aliphatic rings. The summed E-state index contributed by atoms with van der Waals surface area (Å²) in [5.74, 6) is 3.80. The molecule has 0 aliphatic heterocycles. The van der Waals surface area contributed by atoms with Gasteiger partial charge in [0.2, 0.25) is 0 Å². The van der Waals surface area contributed by atoms with Gasteiger partial charge in [-0.2, -0.15) is 0 Å². The van der Waals surface area contributed by atoms with Crippen molar-refractivity contribution in [2.24, 2.45) is 29.4 Å². The lowest BCUT2D eigenvalue weighted by Crippen LogP contribution is -2.59. The summed E-state index contributed by atoms with van der Waals surface area (Å²) < 4.78 is 0. The highest BCUT2D eigenvalue weighted by Crippen LogP contribution is 2.57. The minimum Gasteiger partial charge on any atom is -0.330 e. The average Bonchev–Trinajstić information content (AvgIpc) is 2.26. The highest BCUT2D eigenvalue weighted by atomic mass is 15.2. The predicted octanol–water partition coefficient (Wildman–Crippen LogP) is 2.48. The third-order valence-electron chi connectivity index (χ3n) is 5.80. The van der Waals surface area contributed by atoms with Crippen LogP contribution in [0.25, 0.3) is 0 Å². The summed E-state index contributed by atoms with van der Waals surface area (Å²) in [6.07, 6.45) is 9.06. The van der Waals surface area contributed by atoms with E-state index in [0.717, 1.165) is 24.3 Å². The minimum atomic E-state index is 0.568. The fourth-order valence-corrected chi connectivity index (χ4v) is 5.27. The molecule has 4 rings (SSSR count). The Kier molecular flexibility index (Phi) is 2.99. The van der Waals surface area contributed by atoms with E-state index in [0.29, 0.717) is 11.5 Å². The molecule has 2 heteroatoms. The van der Waals surface area contributed by atoms with Gasteiger partial charge in [-0.15, -0.1) is 0 Å². The molecule has 0 spiro atoms. The van der Waals surface area contributed by atoms with Gasteiger partial charge in [-0.05, 0) is 75.8 Å². The molecule has 0 aromatic heterocycles. The molecule has 0 saturated heterocycles. The van der Waals surface area contributed by atoms with Crippen LogP contribution in [0.1, 0.15) is 45.4 Å². The maximum atomic E-state index is 5.79. The van der Waals surface area contributed by atoms with Crippen LogP contribution in [0.15, 0.2) is 0 Å². The molecule has 0 heterocycles. The zero-order chi connectivity index (χ0) is 12.0. The normalized spacial score (nSPS) is 45.5. The molecule has 4 aliphatic carbocycles. The maximum Gasteiger partial charge on any atom is 0.0214 e. The van der Waals surface area contributed by atoms with Crippen LogP contribution >= 0.6 is 0 Å². The van der Waals surface area contributed by atoms with Gasteiger partial charge in [-0.3, -0.25) is 0 Å². The van der Waals surface area contributed by atoms with Crippen molar-refractivity contribution in [1.82, 2.24) is 4.90 Å². The molecular weight excluding hydrogens is 208 g/mol. The first-order chi connectivity index (χ1) is 8.11. The van der Waals surface area contributed by atoms with E-state index in [1.54, 1.807) is 19.3 Å². The zero-order valence-electron chi connectivity index (χ0n) is 11.5. The lowest BCUT2D eigenvalue weighted by molar-refractivity contribution is -0.0822. The summed E-state index contributed by atoms with van der Waals surface area (Å²) >= 11 is 0. The van der Waals surface area contributed by atoms with Crippen molar-refractivity contribution >= 4 is 0 Å². The molecule has 0 aromatic rings. The van der Waals surface area contributed by atoms with Crippen LogP contribution in [-0.4, -0.2) is 30.6 Å². The van der Waals surface area contributed by atoms with Gasteiger partial charge in [0.15, 0.2) is 0 Å². The topological polar surface area (TPSA) is 29.3 Å². The lowest BCUT2D eigenvalue weighted by atomic mass is 9.52. The van der Waals surface area contributed by atoms with Gasteiger partial charge in [0.1, 0.15) is 0 Å². The Hall–Kier alpha value is -0.0800. The largest absolute Gasteiger partial charge is 0.330 e. The molecule has 98 valence electrons. The van der Waals surface area contributed by atoms with Crippen molar-refractivity contribution in [2.75, 3.05) is 20.1 Å². The smallest absolute Gasteiger partial charge is 0.0214 e. The van der Waals surface area contributed by atoms with Gasteiger partial charge in [0.25, 0.3) is 0 Å². The Morgan fingerprint density at radius 2 is 1.59 bits per heavy atom. The van der Waals surface area contributed by atoms with Crippen molar-refractivity contribution in [3.05, 3.63) is 0 Å².